The molecule has 2 rings (SSSR count). The van der Waals surface area contributed by atoms with Crippen molar-refractivity contribution in [3.05, 3.63) is 46.1 Å². The molecule has 12 heavy (non-hydrogen) atoms. The Morgan fingerprint density at radius 1 is 1.25 bits per heavy atom. The molecule has 1 aromatic heterocycles. The van der Waals surface area contributed by atoms with Gasteiger partial charge in [-0.15, -0.1) is 11.3 Å². The zero-order valence-corrected chi connectivity index (χ0v) is 7.82. The Morgan fingerprint density at radius 3 is 2.83 bits per heavy atom. The molecule has 0 nitrogen and oxygen atoms in total. The average Bonchev–Trinajstić information content (AvgIpc) is 2.56. The standard InChI is InChI=1S/C10H6ClS/c11-10-3-1-2-8(6-10)9-4-5-12-7-9/h1-4,6-7H. The molecule has 0 unspecified atom stereocenters. The third kappa shape index (κ3) is 1.52. The van der Waals surface area contributed by atoms with Crippen molar-refractivity contribution < 1.29 is 0 Å². The molecule has 0 fully saturated rings. The maximum absolute atomic E-state index is 5.85. The molecule has 59 valence electrons. The van der Waals surface area contributed by atoms with Crippen LogP contribution in [0.1, 0.15) is 0 Å². The first-order valence-electron chi connectivity index (χ1n) is 3.57. The van der Waals surface area contributed by atoms with Crippen LogP contribution in [0.5, 0.6) is 0 Å². The highest BCUT2D eigenvalue weighted by Crippen LogP contribution is 2.23. The molecule has 0 N–H and O–H groups in total. The van der Waals surface area contributed by atoms with Gasteiger partial charge in [-0.25, -0.2) is 0 Å². The highest BCUT2D eigenvalue weighted by Gasteiger charge is 1.97. The topological polar surface area (TPSA) is 0 Å². The van der Waals surface area contributed by atoms with Crippen LogP contribution in [-0.4, -0.2) is 0 Å². The second-order valence-corrected chi connectivity index (χ2v) is 3.61. The second kappa shape index (κ2) is 3.30. The number of halogens is 1. The Bertz CT molecular complexity index is 365. The van der Waals surface area contributed by atoms with E-state index < -0.39 is 0 Å². The van der Waals surface area contributed by atoms with E-state index in [0.717, 1.165) is 10.6 Å². The Balaban J connectivity index is 2.48. The van der Waals surface area contributed by atoms with Gasteiger partial charge in [-0.2, -0.15) is 0 Å². The largest absolute Gasteiger partial charge is 0.142 e. The second-order valence-electron chi connectivity index (χ2n) is 2.46. The Morgan fingerprint density at radius 2 is 2.17 bits per heavy atom. The van der Waals surface area contributed by atoms with Crippen molar-refractivity contribution in [2.45, 2.75) is 0 Å². The lowest BCUT2D eigenvalue weighted by atomic mass is 10.1. The Hall–Kier alpha value is -0.790. The van der Waals surface area contributed by atoms with Gasteiger partial charge >= 0.3 is 0 Å². The van der Waals surface area contributed by atoms with Crippen LogP contribution in [-0.2, 0) is 0 Å². The summed E-state index contributed by atoms with van der Waals surface area (Å²) >= 11 is 7.43. The minimum Gasteiger partial charge on any atom is -0.142 e. The van der Waals surface area contributed by atoms with Crippen molar-refractivity contribution in [2.75, 3.05) is 0 Å². The van der Waals surface area contributed by atoms with E-state index in [1.165, 1.54) is 5.56 Å². The van der Waals surface area contributed by atoms with Crippen molar-refractivity contribution in [1.82, 2.24) is 0 Å². The molecule has 1 aromatic carbocycles. The normalized spacial score (nSPS) is 10.1. The van der Waals surface area contributed by atoms with Crippen molar-refractivity contribution >= 4 is 22.9 Å². The van der Waals surface area contributed by atoms with E-state index in [1.54, 1.807) is 11.3 Å². The SMILES string of the molecule is Clc1cccc(-c2c[c]sc2)c1. The van der Waals surface area contributed by atoms with E-state index in [2.05, 4.69) is 10.8 Å². The van der Waals surface area contributed by atoms with E-state index in [-0.39, 0.29) is 0 Å². The maximum atomic E-state index is 5.85. The first-order valence-corrected chi connectivity index (χ1v) is 4.82. The van der Waals surface area contributed by atoms with Crippen LogP contribution >= 0.6 is 22.9 Å². The van der Waals surface area contributed by atoms with Crippen molar-refractivity contribution in [1.29, 1.82) is 0 Å². The van der Waals surface area contributed by atoms with Gasteiger partial charge in [-0.3, -0.25) is 0 Å². The van der Waals surface area contributed by atoms with Crippen molar-refractivity contribution in [2.24, 2.45) is 0 Å². The van der Waals surface area contributed by atoms with Crippen LogP contribution in [0.25, 0.3) is 11.1 Å². The highest BCUT2D eigenvalue weighted by molar-refractivity contribution is 7.07. The Labute approximate surface area is 80.4 Å². The zero-order chi connectivity index (χ0) is 8.39. The van der Waals surface area contributed by atoms with Gasteiger partial charge in [-0.05, 0) is 34.7 Å². The summed E-state index contributed by atoms with van der Waals surface area (Å²) in [4.78, 5) is 0. The van der Waals surface area contributed by atoms with Crippen LogP contribution in [0.4, 0.5) is 0 Å². The van der Waals surface area contributed by atoms with Gasteiger partial charge < -0.3 is 0 Å². The molecule has 2 heteroatoms. The molecule has 0 aliphatic rings. The zero-order valence-electron chi connectivity index (χ0n) is 6.25. The van der Waals surface area contributed by atoms with Gasteiger partial charge in [0.2, 0.25) is 0 Å². The predicted octanol–water partition coefficient (Wildman–Crippen LogP) is 3.87. The van der Waals surface area contributed by atoms with E-state index in [0.29, 0.717) is 0 Å². The van der Waals surface area contributed by atoms with Crippen LogP contribution in [0.2, 0.25) is 5.02 Å². The first kappa shape index (κ1) is 7.84. The molecule has 0 bridgehead atoms. The third-order valence-electron chi connectivity index (χ3n) is 1.63. The van der Waals surface area contributed by atoms with Gasteiger partial charge in [0.1, 0.15) is 0 Å². The summed E-state index contributed by atoms with van der Waals surface area (Å²) in [6.45, 7) is 0. The molecule has 0 saturated heterocycles. The Kier molecular flexibility index (Phi) is 2.15. The van der Waals surface area contributed by atoms with Crippen LogP contribution in [0, 0.1) is 5.38 Å². The summed E-state index contributed by atoms with van der Waals surface area (Å²) in [5, 5.41) is 5.88. The van der Waals surface area contributed by atoms with Crippen LogP contribution < -0.4 is 0 Å². The molecule has 1 radical (unpaired) electrons. The molecule has 0 aliphatic carbocycles. The lowest BCUT2D eigenvalue weighted by Crippen LogP contribution is -1.71. The number of rotatable bonds is 1. The van der Waals surface area contributed by atoms with Gasteiger partial charge in [0, 0.05) is 10.4 Å². The maximum Gasteiger partial charge on any atom is 0.0449 e. The molecule has 0 saturated carbocycles. The highest BCUT2D eigenvalue weighted by atomic mass is 35.5. The lowest BCUT2D eigenvalue weighted by Gasteiger charge is -1.96. The fourth-order valence-corrected chi connectivity index (χ4v) is 1.83. The summed E-state index contributed by atoms with van der Waals surface area (Å²) in [6.07, 6.45) is 0. The molecule has 1 heterocycles. The summed E-state index contributed by atoms with van der Waals surface area (Å²) in [5.74, 6) is 0. The van der Waals surface area contributed by atoms with E-state index in [1.807, 2.05) is 30.3 Å². The predicted molar refractivity (Wildman–Crippen MR) is 53.6 cm³/mol. The van der Waals surface area contributed by atoms with Gasteiger partial charge in [0.25, 0.3) is 0 Å². The van der Waals surface area contributed by atoms with E-state index in [9.17, 15) is 0 Å². The van der Waals surface area contributed by atoms with Crippen LogP contribution in [0.15, 0.2) is 35.7 Å². The number of benzene rings is 1. The lowest BCUT2D eigenvalue weighted by molar-refractivity contribution is 1.67. The smallest absolute Gasteiger partial charge is 0.0449 e. The molecular formula is C10H6ClS. The minimum atomic E-state index is 0.777. The third-order valence-corrected chi connectivity index (χ3v) is 2.49. The van der Waals surface area contributed by atoms with E-state index in [4.69, 9.17) is 11.6 Å². The quantitative estimate of drug-likeness (QED) is 0.645. The first-order chi connectivity index (χ1) is 5.86. The van der Waals surface area contributed by atoms with Gasteiger partial charge in [-0.1, -0.05) is 23.7 Å². The summed E-state index contributed by atoms with van der Waals surface area (Å²) in [7, 11) is 0. The minimum absolute atomic E-state index is 0.777. The number of hydrogen-bond acceptors (Lipinski definition) is 1. The molecule has 0 aliphatic heterocycles. The fraction of sp³-hybridized carbons (Fsp3) is 0. The van der Waals surface area contributed by atoms with Crippen LogP contribution in [0.3, 0.4) is 0 Å². The van der Waals surface area contributed by atoms with E-state index >= 15 is 0 Å². The molecule has 0 amide bonds. The van der Waals surface area contributed by atoms with Crippen molar-refractivity contribution in [3.63, 3.8) is 0 Å². The molecule has 0 atom stereocenters. The fourth-order valence-electron chi connectivity index (χ4n) is 1.05. The van der Waals surface area contributed by atoms with Gasteiger partial charge in [0.05, 0.1) is 0 Å². The monoisotopic (exact) mass is 193 g/mol. The average molecular weight is 194 g/mol. The van der Waals surface area contributed by atoms with Gasteiger partial charge in [0.15, 0.2) is 0 Å². The number of thiophene rings is 1. The molecule has 0 spiro atoms. The molecule has 2 aromatic rings. The summed E-state index contributed by atoms with van der Waals surface area (Å²) in [6, 6.07) is 9.80. The molecular weight excluding hydrogens is 188 g/mol. The summed E-state index contributed by atoms with van der Waals surface area (Å²) < 4.78 is 0. The summed E-state index contributed by atoms with van der Waals surface area (Å²) in [5.41, 5.74) is 2.34. The number of hydrogen-bond donors (Lipinski definition) is 0. The van der Waals surface area contributed by atoms with Crippen molar-refractivity contribution in [3.8, 4) is 11.1 Å².